The summed E-state index contributed by atoms with van der Waals surface area (Å²) < 4.78 is 18.7. The van der Waals surface area contributed by atoms with Gasteiger partial charge in [-0.25, -0.2) is 4.39 Å². The Morgan fingerprint density at radius 2 is 2.05 bits per heavy atom. The first-order valence-electron chi connectivity index (χ1n) is 7.00. The fraction of sp³-hybridized carbons (Fsp3) is 0.294. The molecule has 0 fully saturated rings. The molecule has 1 aliphatic rings. The highest BCUT2D eigenvalue weighted by atomic mass is 19.1. The molecule has 1 atom stereocenters. The van der Waals surface area contributed by atoms with Crippen molar-refractivity contribution in [2.24, 2.45) is 0 Å². The van der Waals surface area contributed by atoms with E-state index < -0.39 is 0 Å². The first-order chi connectivity index (χ1) is 9.83. The average molecular weight is 271 g/mol. The molecule has 0 bridgehead atoms. The van der Waals surface area contributed by atoms with Crippen molar-refractivity contribution in [3.05, 3.63) is 65.5 Å². The Morgan fingerprint density at radius 3 is 2.95 bits per heavy atom. The van der Waals surface area contributed by atoms with Gasteiger partial charge in [0, 0.05) is 18.0 Å². The molecule has 0 aromatic heterocycles. The third-order valence-corrected chi connectivity index (χ3v) is 3.67. The molecule has 1 aliphatic heterocycles. The first kappa shape index (κ1) is 13.1. The molecule has 2 aromatic carbocycles. The number of hydrogen-bond acceptors (Lipinski definition) is 2. The predicted octanol–water partition coefficient (Wildman–Crippen LogP) is 3.13. The van der Waals surface area contributed by atoms with Crippen LogP contribution in [0.2, 0.25) is 0 Å². The van der Waals surface area contributed by atoms with E-state index in [2.05, 4.69) is 11.4 Å². The van der Waals surface area contributed by atoms with E-state index in [1.807, 2.05) is 24.3 Å². The molecule has 2 aromatic rings. The minimum atomic E-state index is -0.166. The molecule has 104 valence electrons. The number of ether oxygens (including phenoxy) is 1. The van der Waals surface area contributed by atoms with Crippen LogP contribution in [0.4, 0.5) is 4.39 Å². The fourth-order valence-corrected chi connectivity index (χ4v) is 2.60. The van der Waals surface area contributed by atoms with E-state index in [-0.39, 0.29) is 5.82 Å². The molecular formula is C17H18FNO. The number of fused-ring (bicyclic) bond motifs is 1. The summed E-state index contributed by atoms with van der Waals surface area (Å²) >= 11 is 0. The van der Waals surface area contributed by atoms with Crippen molar-refractivity contribution in [2.45, 2.75) is 12.3 Å². The molecule has 0 spiro atoms. The van der Waals surface area contributed by atoms with Crippen LogP contribution in [0.15, 0.2) is 48.5 Å². The number of rotatable bonds is 5. The Balaban J connectivity index is 1.47. The number of nitrogens with one attached hydrogen (secondary N) is 1. The molecule has 0 radical (unpaired) electrons. The van der Waals surface area contributed by atoms with Crippen molar-refractivity contribution in [1.29, 1.82) is 0 Å². The Kier molecular flexibility index (Phi) is 3.97. The lowest BCUT2D eigenvalue weighted by molar-refractivity contribution is 0.327. The van der Waals surface area contributed by atoms with E-state index >= 15 is 0 Å². The number of halogens is 1. The van der Waals surface area contributed by atoms with Crippen LogP contribution in [0, 0.1) is 5.82 Å². The highest BCUT2D eigenvalue weighted by Crippen LogP contribution is 2.32. The molecule has 1 unspecified atom stereocenters. The van der Waals surface area contributed by atoms with Gasteiger partial charge in [0.05, 0.1) is 6.61 Å². The zero-order valence-electron chi connectivity index (χ0n) is 11.3. The molecule has 0 saturated heterocycles. The molecule has 2 nitrogen and oxygen atoms in total. The molecule has 1 N–H and O–H groups in total. The average Bonchev–Trinajstić information content (AvgIpc) is 2.87. The summed E-state index contributed by atoms with van der Waals surface area (Å²) in [5.74, 6) is 1.25. The molecule has 20 heavy (non-hydrogen) atoms. The van der Waals surface area contributed by atoms with Gasteiger partial charge in [0.2, 0.25) is 0 Å². The molecule has 3 heteroatoms. The minimum Gasteiger partial charge on any atom is -0.493 e. The lowest BCUT2D eigenvalue weighted by Crippen LogP contribution is -2.24. The van der Waals surface area contributed by atoms with Gasteiger partial charge in [-0.15, -0.1) is 0 Å². The lowest BCUT2D eigenvalue weighted by atomic mass is 10.0. The molecule has 1 heterocycles. The second-order valence-corrected chi connectivity index (χ2v) is 5.13. The number of para-hydroxylation sites is 1. The van der Waals surface area contributed by atoms with E-state index in [1.54, 1.807) is 12.1 Å². The van der Waals surface area contributed by atoms with Crippen molar-refractivity contribution in [3.8, 4) is 5.75 Å². The van der Waals surface area contributed by atoms with Crippen molar-refractivity contribution in [3.63, 3.8) is 0 Å². The van der Waals surface area contributed by atoms with Gasteiger partial charge >= 0.3 is 0 Å². The standard InChI is InChI=1S/C17H18FNO/c18-15-5-3-4-13(10-15)8-9-19-11-14-12-20-17-7-2-1-6-16(14)17/h1-7,10,14,19H,8-9,11-12H2. The zero-order valence-corrected chi connectivity index (χ0v) is 11.3. The van der Waals surface area contributed by atoms with Crippen molar-refractivity contribution in [2.75, 3.05) is 19.7 Å². The van der Waals surface area contributed by atoms with Crippen LogP contribution in [-0.4, -0.2) is 19.7 Å². The van der Waals surface area contributed by atoms with E-state index in [4.69, 9.17) is 4.74 Å². The molecular weight excluding hydrogens is 253 g/mol. The van der Waals surface area contributed by atoms with Crippen LogP contribution >= 0.6 is 0 Å². The smallest absolute Gasteiger partial charge is 0.123 e. The first-order valence-corrected chi connectivity index (χ1v) is 7.00. The third-order valence-electron chi connectivity index (χ3n) is 3.67. The zero-order chi connectivity index (χ0) is 13.8. The maximum absolute atomic E-state index is 13.1. The van der Waals surface area contributed by atoms with Crippen molar-refractivity contribution in [1.82, 2.24) is 5.32 Å². The van der Waals surface area contributed by atoms with Crippen LogP contribution in [0.3, 0.4) is 0 Å². The maximum Gasteiger partial charge on any atom is 0.123 e. The molecule has 3 rings (SSSR count). The van der Waals surface area contributed by atoms with Gasteiger partial charge in [-0.1, -0.05) is 30.3 Å². The topological polar surface area (TPSA) is 21.3 Å². The van der Waals surface area contributed by atoms with Gasteiger partial charge in [0.25, 0.3) is 0 Å². The SMILES string of the molecule is Fc1cccc(CCNCC2COc3ccccc32)c1. The largest absolute Gasteiger partial charge is 0.493 e. The Labute approximate surface area is 118 Å². The summed E-state index contributed by atoms with van der Waals surface area (Å²) in [6.45, 7) is 2.49. The summed E-state index contributed by atoms with van der Waals surface area (Å²) in [6, 6.07) is 15.0. The van der Waals surface area contributed by atoms with Gasteiger partial charge in [0.15, 0.2) is 0 Å². The normalized spacial score (nSPS) is 16.8. The lowest BCUT2D eigenvalue weighted by Gasteiger charge is -2.10. The molecule has 0 saturated carbocycles. The number of benzene rings is 2. The second-order valence-electron chi connectivity index (χ2n) is 5.13. The maximum atomic E-state index is 13.1. The highest BCUT2D eigenvalue weighted by molar-refractivity contribution is 5.39. The van der Waals surface area contributed by atoms with Crippen LogP contribution in [-0.2, 0) is 6.42 Å². The highest BCUT2D eigenvalue weighted by Gasteiger charge is 2.22. The summed E-state index contributed by atoms with van der Waals surface area (Å²) in [4.78, 5) is 0. The van der Waals surface area contributed by atoms with E-state index in [0.717, 1.165) is 37.4 Å². The number of hydrogen-bond donors (Lipinski definition) is 1. The van der Waals surface area contributed by atoms with E-state index in [0.29, 0.717) is 5.92 Å². The summed E-state index contributed by atoms with van der Waals surface area (Å²) in [6.07, 6.45) is 0.840. The van der Waals surface area contributed by atoms with Crippen LogP contribution < -0.4 is 10.1 Å². The molecule has 0 aliphatic carbocycles. The second kappa shape index (κ2) is 6.06. The van der Waals surface area contributed by atoms with Crippen molar-refractivity contribution >= 4 is 0 Å². The summed E-state index contributed by atoms with van der Waals surface area (Å²) in [7, 11) is 0. The quantitative estimate of drug-likeness (QED) is 0.844. The Bertz CT molecular complexity index is 585. The van der Waals surface area contributed by atoms with Gasteiger partial charge in [-0.3, -0.25) is 0 Å². The third kappa shape index (κ3) is 2.99. The van der Waals surface area contributed by atoms with Gasteiger partial charge in [0.1, 0.15) is 11.6 Å². The summed E-state index contributed by atoms with van der Waals surface area (Å²) in [5.41, 5.74) is 2.31. The van der Waals surface area contributed by atoms with Gasteiger partial charge < -0.3 is 10.1 Å². The summed E-state index contributed by atoms with van der Waals surface area (Å²) in [5, 5.41) is 3.43. The van der Waals surface area contributed by atoms with Gasteiger partial charge in [-0.2, -0.15) is 0 Å². The fourth-order valence-electron chi connectivity index (χ4n) is 2.60. The van der Waals surface area contributed by atoms with Crippen LogP contribution in [0.25, 0.3) is 0 Å². The van der Waals surface area contributed by atoms with E-state index in [1.165, 1.54) is 11.6 Å². The predicted molar refractivity (Wildman–Crippen MR) is 77.7 cm³/mol. The Morgan fingerprint density at radius 1 is 1.15 bits per heavy atom. The van der Waals surface area contributed by atoms with Gasteiger partial charge in [-0.05, 0) is 36.7 Å². The Hall–Kier alpha value is -1.87. The van der Waals surface area contributed by atoms with Crippen LogP contribution in [0.5, 0.6) is 5.75 Å². The monoisotopic (exact) mass is 271 g/mol. The van der Waals surface area contributed by atoms with E-state index in [9.17, 15) is 4.39 Å². The van der Waals surface area contributed by atoms with Crippen LogP contribution in [0.1, 0.15) is 17.0 Å². The minimum absolute atomic E-state index is 0.166. The molecule has 0 amide bonds. The van der Waals surface area contributed by atoms with Crippen molar-refractivity contribution < 1.29 is 9.13 Å².